The van der Waals surface area contributed by atoms with E-state index < -0.39 is 0 Å². The number of nitrogens with zero attached hydrogens (tertiary/aromatic N) is 1. The van der Waals surface area contributed by atoms with Crippen molar-refractivity contribution in [3.8, 4) is 0 Å². The molecular weight excluding hydrogens is 274 g/mol. The minimum absolute atomic E-state index is 0.0642. The van der Waals surface area contributed by atoms with Crippen LogP contribution in [0.15, 0.2) is 24.3 Å². The maximum atomic E-state index is 12.0. The predicted molar refractivity (Wildman–Crippen MR) is 91.0 cm³/mol. The molecule has 1 heterocycles. The predicted octanol–water partition coefficient (Wildman–Crippen LogP) is 3.23. The molecule has 4 nitrogen and oxygen atoms in total. The van der Waals surface area contributed by atoms with Gasteiger partial charge in [-0.1, -0.05) is 36.8 Å². The second kappa shape index (κ2) is 8.18. The van der Waals surface area contributed by atoms with Crippen molar-refractivity contribution in [2.24, 2.45) is 0 Å². The minimum atomic E-state index is -0.0642. The van der Waals surface area contributed by atoms with Crippen LogP contribution in [0, 0.1) is 6.92 Å². The summed E-state index contributed by atoms with van der Waals surface area (Å²) in [7, 11) is 0. The van der Waals surface area contributed by atoms with Crippen LogP contribution in [0.2, 0.25) is 0 Å². The molecule has 0 bridgehead atoms. The van der Waals surface area contributed by atoms with Crippen molar-refractivity contribution in [1.29, 1.82) is 0 Å². The monoisotopic (exact) mass is 303 g/mol. The van der Waals surface area contributed by atoms with Crippen molar-refractivity contribution in [3.05, 3.63) is 35.4 Å². The summed E-state index contributed by atoms with van der Waals surface area (Å²) in [5.74, 6) is 0. The molecule has 122 valence electrons. The molecule has 1 aromatic rings. The van der Waals surface area contributed by atoms with Gasteiger partial charge in [0.15, 0.2) is 0 Å². The Balaban J connectivity index is 1.99. The number of aryl methyl sites for hydroxylation is 1. The zero-order valence-electron chi connectivity index (χ0n) is 14.1. The smallest absolute Gasteiger partial charge is 0.315 e. The van der Waals surface area contributed by atoms with E-state index in [4.69, 9.17) is 0 Å². The summed E-state index contributed by atoms with van der Waals surface area (Å²) < 4.78 is 0. The second-order valence-electron chi connectivity index (χ2n) is 6.33. The molecule has 1 saturated heterocycles. The molecule has 0 aromatic heterocycles. The Morgan fingerprint density at radius 1 is 1.23 bits per heavy atom. The van der Waals surface area contributed by atoms with E-state index >= 15 is 0 Å². The topological polar surface area (TPSA) is 44.4 Å². The standard InChI is InChI=1S/C18H29N3O/c1-4-15(3)20-18(22)19-13-17(21-11-5-6-12-21)16-9-7-14(2)8-10-16/h7-10,15,17H,4-6,11-13H2,1-3H3,(H2,19,20,22). The van der Waals surface area contributed by atoms with Crippen molar-refractivity contribution in [2.75, 3.05) is 19.6 Å². The van der Waals surface area contributed by atoms with Crippen LogP contribution in [-0.2, 0) is 0 Å². The zero-order chi connectivity index (χ0) is 15.9. The van der Waals surface area contributed by atoms with Gasteiger partial charge >= 0.3 is 6.03 Å². The highest BCUT2D eigenvalue weighted by Crippen LogP contribution is 2.24. The number of hydrogen-bond donors (Lipinski definition) is 2. The molecule has 4 heteroatoms. The highest BCUT2D eigenvalue weighted by atomic mass is 16.2. The SMILES string of the molecule is CCC(C)NC(=O)NCC(c1ccc(C)cc1)N1CCCC1. The molecule has 2 N–H and O–H groups in total. The van der Waals surface area contributed by atoms with Gasteiger partial charge in [0.2, 0.25) is 0 Å². The molecule has 1 fully saturated rings. The maximum absolute atomic E-state index is 12.0. The average molecular weight is 303 g/mol. The van der Waals surface area contributed by atoms with Crippen LogP contribution in [0.4, 0.5) is 4.79 Å². The van der Waals surface area contributed by atoms with Crippen molar-refractivity contribution >= 4 is 6.03 Å². The van der Waals surface area contributed by atoms with E-state index in [1.807, 2.05) is 6.92 Å². The number of likely N-dealkylation sites (tertiary alicyclic amines) is 1. The van der Waals surface area contributed by atoms with Gasteiger partial charge in [0.1, 0.15) is 0 Å². The van der Waals surface area contributed by atoms with Crippen LogP contribution in [0.1, 0.15) is 50.3 Å². The van der Waals surface area contributed by atoms with Crippen LogP contribution < -0.4 is 10.6 Å². The fourth-order valence-electron chi connectivity index (χ4n) is 2.87. The summed E-state index contributed by atoms with van der Waals surface area (Å²) in [5.41, 5.74) is 2.56. The lowest BCUT2D eigenvalue weighted by molar-refractivity contribution is 0.218. The lowest BCUT2D eigenvalue weighted by Gasteiger charge is -2.28. The Labute approximate surface area is 134 Å². The molecule has 2 amide bonds. The first-order chi connectivity index (χ1) is 10.6. The van der Waals surface area contributed by atoms with E-state index in [0.717, 1.165) is 19.5 Å². The normalized spacial score (nSPS) is 18.0. The van der Waals surface area contributed by atoms with E-state index in [1.165, 1.54) is 24.0 Å². The molecule has 1 aliphatic heterocycles. The van der Waals surface area contributed by atoms with Gasteiger partial charge in [-0.2, -0.15) is 0 Å². The molecular formula is C18H29N3O. The number of carbonyl (C=O) groups excluding carboxylic acids is 1. The Bertz CT molecular complexity index is 466. The molecule has 1 aromatic carbocycles. The van der Waals surface area contributed by atoms with Gasteiger partial charge in [-0.3, -0.25) is 4.90 Å². The van der Waals surface area contributed by atoms with E-state index in [0.29, 0.717) is 6.54 Å². The van der Waals surface area contributed by atoms with Crippen LogP contribution in [0.3, 0.4) is 0 Å². The Morgan fingerprint density at radius 3 is 2.45 bits per heavy atom. The Hall–Kier alpha value is -1.55. The van der Waals surface area contributed by atoms with E-state index in [2.05, 4.69) is 53.6 Å². The lowest BCUT2D eigenvalue weighted by atomic mass is 10.0. The van der Waals surface area contributed by atoms with Gasteiger partial charge in [0.25, 0.3) is 0 Å². The van der Waals surface area contributed by atoms with Crippen LogP contribution in [-0.4, -0.2) is 36.6 Å². The van der Waals surface area contributed by atoms with Crippen LogP contribution in [0.5, 0.6) is 0 Å². The van der Waals surface area contributed by atoms with Crippen LogP contribution >= 0.6 is 0 Å². The molecule has 0 saturated carbocycles. The number of benzene rings is 1. The quantitative estimate of drug-likeness (QED) is 0.847. The third-order valence-corrected chi connectivity index (χ3v) is 4.49. The maximum Gasteiger partial charge on any atom is 0.315 e. The fraction of sp³-hybridized carbons (Fsp3) is 0.611. The van der Waals surface area contributed by atoms with Crippen molar-refractivity contribution < 1.29 is 4.79 Å². The van der Waals surface area contributed by atoms with Crippen molar-refractivity contribution in [2.45, 2.75) is 52.1 Å². The van der Waals surface area contributed by atoms with Crippen molar-refractivity contribution in [3.63, 3.8) is 0 Å². The number of rotatable bonds is 6. The molecule has 22 heavy (non-hydrogen) atoms. The molecule has 2 atom stereocenters. The molecule has 1 aliphatic rings. The number of nitrogens with one attached hydrogen (secondary N) is 2. The lowest BCUT2D eigenvalue weighted by Crippen LogP contribution is -2.44. The summed E-state index contributed by atoms with van der Waals surface area (Å²) >= 11 is 0. The second-order valence-corrected chi connectivity index (χ2v) is 6.33. The van der Waals surface area contributed by atoms with E-state index in [9.17, 15) is 4.79 Å². The first kappa shape index (κ1) is 16.8. The van der Waals surface area contributed by atoms with Gasteiger partial charge in [-0.25, -0.2) is 4.79 Å². The van der Waals surface area contributed by atoms with E-state index in [-0.39, 0.29) is 18.1 Å². The molecule has 0 spiro atoms. The number of amides is 2. The first-order valence-corrected chi connectivity index (χ1v) is 8.45. The molecule has 2 rings (SSSR count). The summed E-state index contributed by atoms with van der Waals surface area (Å²) in [4.78, 5) is 14.5. The number of urea groups is 1. The summed E-state index contributed by atoms with van der Waals surface area (Å²) in [5, 5.41) is 6.01. The van der Waals surface area contributed by atoms with Gasteiger partial charge in [-0.05, 0) is 51.8 Å². The van der Waals surface area contributed by atoms with Gasteiger partial charge in [-0.15, -0.1) is 0 Å². The number of carbonyl (C=O) groups is 1. The summed E-state index contributed by atoms with van der Waals surface area (Å²) in [6.45, 7) is 9.10. The van der Waals surface area contributed by atoms with Gasteiger partial charge in [0, 0.05) is 12.6 Å². The highest BCUT2D eigenvalue weighted by Gasteiger charge is 2.23. The molecule has 0 radical (unpaired) electrons. The van der Waals surface area contributed by atoms with Gasteiger partial charge < -0.3 is 10.6 Å². The minimum Gasteiger partial charge on any atom is -0.336 e. The fourth-order valence-corrected chi connectivity index (χ4v) is 2.87. The summed E-state index contributed by atoms with van der Waals surface area (Å²) in [6, 6.07) is 9.09. The Morgan fingerprint density at radius 2 is 1.86 bits per heavy atom. The molecule has 0 aliphatic carbocycles. The zero-order valence-corrected chi connectivity index (χ0v) is 14.1. The van der Waals surface area contributed by atoms with Crippen molar-refractivity contribution in [1.82, 2.24) is 15.5 Å². The largest absolute Gasteiger partial charge is 0.336 e. The average Bonchev–Trinajstić information content (AvgIpc) is 3.03. The highest BCUT2D eigenvalue weighted by molar-refractivity contribution is 5.74. The third-order valence-electron chi connectivity index (χ3n) is 4.49. The number of hydrogen-bond acceptors (Lipinski definition) is 2. The summed E-state index contributed by atoms with van der Waals surface area (Å²) in [6.07, 6.45) is 3.45. The Kier molecular flexibility index (Phi) is 6.25. The van der Waals surface area contributed by atoms with Crippen LogP contribution in [0.25, 0.3) is 0 Å². The third kappa shape index (κ3) is 4.73. The molecule has 2 unspecified atom stereocenters. The first-order valence-electron chi connectivity index (χ1n) is 8.45. The van der Waals surface area contributed by atoms with E-state index in [1.54, 1.807) is 0 Å². The van der Waals surface area contributed by atoms with Gasteiger partial charge in [0.05, 0.1) is 6.04 Å².